The topological polar surface area (TPSA) is 78.0 Å². The summed E-state index contributed by atoms with van der Waals surface area (Å²) in [5.74, 6) is 0.889. The summed E-state index contributed by atoms with van der Waals surface area (Å²) < 4.78 is 24.6. The molecule has 0 spiro atoms. The number of hydrogen-bond acceptors (Lipinski definition) is 4. The number of anilines is 1. The Kier molecular flexibility index (Phi) is 2.08. The normalized spacial score (nSPS) is 29.5. The van der Waals surface area contributed by atoms with E-state index in [-0.39, 0.29) is 11.5 Å². The van der Waals surface area contributed by atoms with Gasteiger partial charge in [-0.2, -0.15) is 5.10 Å². The Morgan fingerprint density at radius 1 is 1.60 bits per heavy atom. The van der Waals surface area contributed by atoms with Crippen molar-refractivity contribution in [2.45, 2.75) is 25.8 Å². The van der Waals surface area contributed by atoms with Crippen molar-refractivity contribution in [1.82, 2.24) is 9.78 Å². The molecule has 5 nitrogen and oxygen atoms in total. The maximum atomic E-state index is 11.5. The van der Waals surface area contributed by atoms with Gasteiger partial charge in [0.25, 0.3) is 0 Å². The molecule has 1 aliphatic heterocycles. The van der Waals surface area contributed by atoms with Gasteiger partial charge in [-0.05, 0) is 20.3 Å². The van der Waals surface area contributed by atoms with Crippen molar-refractivity contribution in [3.63, 3.8) is 0 Å². The maximum Gasteiger partial charge on any atom is 0.152 e. The van der Waals surface area contributed by atoms with Crippen LogP contribution in [0.4, 0.5) is 5.82 Å². The fraction of sp³-hybridized carbons (Fsp3) is 0.667. The molecule has 84 valence electrons. The first-order valence-electron chi connectivity index (χ1n) is 4.85. The number of sulfone groups is 1. The number of nitrogens with zero attached hydrogens (tertiary/aromatic N) is 2. The Bertz CT molecular complexity index is 491. The van der Waals surface area contributed by atoms with Crippen molar-refractivity contribution in [2.24, 2.45) is 0 Å². The van der Waals surface area contributed by atoms with Gasteiger partial charge in [-0.1, -0.05) is 0 Å². The minimum atomic E-state index is -2.93. The molecule has 1 aromatic heterocycles. The highest BCUT2D eigenvalue weighted by molar-refractivity contribution is 7.91. The molecule has 0 bridgehead atoms. The van der Waals surface area contributed by atoms with Crippen LogP contribution in [-0.2, 0) is 15.4 Å². The third-order valence-electron chi connectivity index (χ3n) is 2.85. The lowest BCUT2D eigenvalue weighted by Gasteiger charge is -2.23. The first kappa shape index (κ1) is 10.5. The monoisotopic (exact) mass is 229 g/mol. The number of aryl methyl sites for hydroxylation is 1. The highest BCUT2D eigenvalue weighted by Gasteiger charge is 2.41. The van der Waals surface area contributed by atoms with Crippen molar-refractivity contribution < 1.29 is 8.42 Å². The number of hydrogen-bond donors (Lipinski definition) is 1. The van der Waals surface area contributed by atoms with E-state index in [1.165, 1.54) is 0 Å². The van der Waals surface area contributed by atoms with Gasteiger partial charge in [-0.15, -0.1) is 0 Å². The van der Waals surface area contributed by atoms with Crippen molar-refractivity contribution in [1.29, 1.82) is 0 Å². The summed E-state index contributed by atoms with van der Waals surface area (Å²) in [5.41, 5.74) is 6.14. The highest BCUT2D eigenvalue weighted by Crippen LogP contribution is 2.32. The van der Waals surface area contributed by atoms with Crippen molar-refractivity contribution in [3.05, 3.63) is 11.8 Å². The van der Waals surface area contributed by atoms with Crippen LogP contribution >= 0.6 is 0 Å². The maximum absolute atomic E-state index is 11.5. The average molecular weight is 229 g/mol. The number of rotatable bonds is 1. The molecule has 0 radical (unpaired) electrons. The predicted octanol–water partition coefficient (Wildman–Crippen LogP) is 0.307. The van der Waals surface area contributed by atoms with Gasteiger partial charge in [0.05, 0.1) is 22.7 Å². The van der Waals surface area contributed by atoms with E-state index in [0.29, 0.717) is 12.2 Å². The average Bonchev–Trinajstić information content (AvgIpc) is 2.54. The van der Waals surface area contributed by atoms with E-state index in [4.69, 9.17) is 5.73 Å². The number of nitrogen functional groups attached to an aromatic ring is 1. The third-order valence-corrected chi connectivity index (χ3v) is 4.74. The second kappa shape index (κ2) is 2.98. The van der Waals surface area contributed by atoms with Crippen LogP contribution in [0.5, 0.6) is 0 Å². The van der Waals surface area contributed by atoms with Gasteiger partial charge < -0.3 is 5.73 Å². The molecule has 2 N–H and O–H groups in total. The molecule has 1 unspecified atom stereocenters. The molecule has 1 atom stereocenters. The number of aromatic nitrogens is 2. The minimum absolute atomic E-state index is 0.130. The molecule has 1 aliphatic rings. The molecule has 2 heterocycles. The van der Waals surface area contributed by atoms with Crippen LogP contribution in [0.1, 0.15) is 19.0 Å². The lowest BCUT2D eigenvalue weighted by atomic mass is 10.0. The third kappa shape index (κ3) is 1.73. The fourth-order valence-electron chi connectivity index (χ4n) is 2.11. The molecular weight excluding hydrogens is 214 g/mol. The summed E-state index contributed by atoms with van der Waals surface area (Å²) in [7, 11) is -2.93. The molecule has 1 saturated heterocycles. The van der Waals surface area contributed by atoms with E-state index in [1.807, 2.05) is 13.8 Å². The second-order valence-electron chi connectivity index (χ2n) is 4.46. The summed E-state index contributed by atoms with van der Waals surface area (Å²) >= 11 is 0. The Hall–Kier alpha value is -1.04. The van der Waals surface area contributed by atoms with Gasteiger partial charge in [-0.25, -0.2) is 13.1 Å². The summed E-state index contributed by atoms with van der Waals surface area (Å²) in [5, 5.41) is 4.26. The van der Waals surface area contributed by atoms with Crippen LogP contribution in [0.15, 0.2) is 6.07 Å². The van der Waals surface area contributed by atoms with Crippen LogP contribution in [0.2, 0.25) is 0 Å². The van der Waals surface area contributed by atoms with Crippen LogP contribution in [0.3, 0.4) is 0 Å². The van der Waals surface area contributed by atoms with Gasteiger partial charge in [-0.3, -0.25) is 0 Å². The van der Waals surface area contributed by atoms with Crippen molar-refractivity contribution in [2.75, 3.05) is 17.2 Å². The Balaban J connectivity index is 2.44. The molecule has 0 amide bonds. The zero-order valence-electron chi connectivity index (χ0n) is 8.90. The zero-order chi connectivity index (χ0) is 11.3. The number of nitrogens with two attached hydrogens (primary N) is 1. The molecule has 6 heteroatoms. The van der Waals surface area contributed by atoms with E-state index < -0.39 is 15.4 Å². The van der Waals surface area contributed by atoms with Gasteiger partial charge in [0.15, 0.2) is 9.84 Å². The lowest BCUT2D eigenvalue weighted by Crippen LogP contribution is -2.33. The summed E-state index contributed by atoms with van der Waals surface area (Å²) in [6.45, 7) is 3.74. The van der Waals surface area contributed by atoms with Gasteiger partial charge in [0.1, 0.15) is 5.82 Å². The van der Waals surface area contributed by atoms with Crippen LogP contribution in [0, 0.1) is 6.92 Å². The van der Waals surface area contributed by atoms with Gasteiger partial charge in [0.2, 0.25) is 0 Å². The predicted molar refractivity (Wildman–Crippen MR) is 58.3 cm³/mol. The SMILES string of the molecule is Cc1cc(N)n(C2(C)CCS(=O)(=O)C2)n1. The Labute approximate surface area is 89.2 Å². The second-order valence-corrected chi connectivity index (χ2v) is 6.65. The van der Waals surface area contributed by atoms with Crippen LogP contribution in [0.25, 0.3) is 0 Å². The van der Waals surface area contributed by atoms with E-state index in [9.17, 15) is 8.42 Å². The van der Waals surface area contributed by atoms with Gasteiger partial charge in [0, 0.05) is 6.07 Å². The largest absolute Gasteiger partial charge is 0.384 e. The smallest absolute Gasteiger partial charge is 0.152 e. The summed E-state index contributed by atoms with van der Waals surface area (Å²) in [6.07, 6.45) is 0.584. The van der Waals surface area contributed by atoms with Crippen molar-refractivity contribution in [3.8, 4) is 0 Å². The summed E-state index contributed by atoms with van der Waals surface area (Å²) in [6, 6.07) is 1.76. The van der Waals surface area contributed by atoms with Crippen LogP contribution in [-0.4, -0.2) is 29.7 Å². The first-order valence-corrected chi connectivity index (χ1v) is 6.68. The molecule has 0 aromatic carbocycles. The standard InChI is InChI=1S/C9H15N3O2S/c1-7-5-8(10)12(11-7)9(2)3-4-15(13,14)6-9/h5H,3-4,6,10H2,1-2H3. The Morgan fingerprint density at radius 3 is 2.67 bits per heavy atom. The van der Waals surface area contributed by atoms with Crippen LogP contribution < -0.4 is 5.73 Å². The van der Waals surface area contributed by atoms with E-state index >= 15 is 0 Å². The molecular formula is C9H15N3O2S. The van der Waals surface area contributed by atoms with E-state index in [0.717, 1.165) is 5.69 Å². The zero-order valence-corrected chi connectivity index (χ0v) is 9.71. The molecule has 0 saturated carbocycles. The lowest BCUT2D eigenvalue weighted by molar-refractivity contribution is 0.333. The molecule has 1 aromatic rings. The summed E-state index contributed by atoms with van der Waals surface area (Å²) in [4.78, 5) is 0. The quantitative estimate of drug-likeness (QED) is 0.751. The molecule has 15 heavy (non-hydrogen) atoms. The van der Waals surface area contributed by atoms with E-state index in [2.05, 4.69) is 5.10 Å². The molecule has 0 aliphatic carbocycles. The van der Waals surface area contributed by atoms with Gasteiger partial charge >= 0.3 is 0 Å². The first-order chi connectivity index (χ1) is 6.82. The minimum Gasteiger partial charge on any atom is -0.384 e. The highest BCUT2D eigenvalue weighted by atomic mass is 32.2. The van der Waals surface area contributed by atoms with Crippen molar-refractivity contribution >= 4 is 15.7 Å². The Morgan fingerprint density at radius 2 is 2.27 bits per heavy atom. The van der Waals surface area contributed by atoms with E-state index in [1.54, 1.807) is 10.7 Å². The fourth-order valence-corrected chi connectivity index (χ4v) is 4.22. The molecule has 1 fully saturated rings. The molecule has 2 rings (SSSR count).